The van der Waals surface area contributed by atoms with E-state index in [0.29, 0.717) is 30.1 Å². The summed E-state index contributed by atoms with van der Waals surface area (Å²) in [7, 11) is -3.08. The number of aliphatic hydroxyl groups excluding tert-OH is 1. The zero-order valence-corrected chi connectivity index (χ0v) is 20.4. The Labute approximate surface area is 207 Å². The minimum atomic E-state index is -4.90. The zero-order valence-electron chi connectivity index (χ0n) is 19.5. The van der Waals surface area contributed by atoms with Gasteiger partial charge in [-0.1, -0.05) is 30.3 Å². The summed E-state index contributed by atoms with van der Waals surface area (Å²) in [6.07, 6.45) is -2.25. The van der Waals surface area contributed by atoms with Gasteiger partial charge in [-0.05, 0) is 26.4 Å². The van der Waals surface area contributed by atoms with Crippen LogP contribution in [0.5, 0.6) is 0 Å². The van der Waals surface area contributed by atoms with Gasteiger partial charge in [-0.25, -0.2) is 25.0 Å². The molecule has 196 valence electrons. The van der Waals surface area contributed by atoms with Gasteiger partial charge in [0.15, 0.2) is 23.2 Å². The van der Waals surface area contributed by atoms with Gasteiger partial charge < -0.3 is 25.3 Å². The maximum absolute atomic E-state index is 11.6. The molecule has 0 aliphatic carbocycles. The van der Waals surface area contributed by atoms with E-state index in [9.17, 15) is 18.1 Å². The summed E-state index contributed by atoms with van der Waals surface area (Å²) in [5.41, 5.74) is 7.29. The Hall–Kier alpha value is -2.76. The molecule has 0 radical (unpaired) electrons. The van der Waals surface area contributed by atoms with E-state index in [2.05, 4.69) is 19.8 Å². The predicted octanol–water partition coefficient (Wildman–Crippen LogP) is 0.124. The van der Waals surface area contributed by atoms with E-state index in [1.54, 1.807) is 0 Å². The minimum Gasteiger partial charge on any atom is -0.385 e. The average molecular weight is 524 g/mol. The van der Waals surface area contributed by atoms with Crippen molar-refractivity contribution in [1.82, 2.24) is 24.4 Å². The van der Waals surface area contributed by atoms with Crippen molar-refractivity contribution in [2.45, 2.75) is 37.4 Å². The van der Waals surface area contributed by atoms with Gasteiger partial charge in [-0.15, -0.1) is 0 Å². The molecular weight excluding hydrogens is 494 g/mol. The van der Waals surface area contributed by atoms with Crippen LogP contribution in [0, 0.1) is 0 Å². The van der Waals surface area contributed by atoms with Crippen molar-refractivity contribution in [1.29, 1.82) is 0 Å². The van der Waals surface area contributed by atoms with E-state index < -0.39 is 34.9 Å². The number of aromatic nitrogens is 4. The quantitative estimate of drug-likeness (QED) is 0.150. The van der Waals surface area contributed by atoms with Crippen LogP contribution < -0.4 is 11.6 Å². The van der Waals surface area contributed by atoms with Crippen molar-refractivity contribution in [3.8, 4) is 11.4 Å². The first kappa shape index (κ1) is 26.3. The van der Waals surface area contributed by atoms with Crippen LogP contribution >= 0.6 is 0 Å². The maximum atomic E-state index is 11.6. The molecule has 0 amide bonds. The molecule has 0 spiro atoms. The first-order chi connectivity index (χ1) is 17.2. The number of hydrogen-bond donors (Lipinski definition) is 4. The molecule has 36 heavy (non-hydrogen) atoms. The molecule has 2 aromatic heterocycles. The Bertz CT molecular complexity index is 1270. The van der Waals surface area contributed by atoms with E-state index in [-0.39, 0.29) is 18.0 Å². The maximum Gasteiger partial charge on any atom is 0.397 e. The van der Waals surface area contributed by atoms with E-state index in [0.717, 1.165) is 12.8 Å². The highest BCUT2D eigenvalue weighted by molar-refractivity contribution is 7.80. The summed E-state index contributed by atoms with van der Waals surface area (Å²) >= 11 is 0. The second kappa shape index (κ2) is 11.1. The van der Waals surface area contributed by atoms with Crippen LogP contribution in [0.4, 0.5) is 5.82 Å². The molecule has 4 atom stereocenters. The normalized spacial score (nSPS) is 22.6. The predicted molar refractivity (Wildman–Crippen MR) is 128 cm³/mol. The van der Waals surface area contributed by atoms with E-state index in [4.69, 9.17) is 20.6 Å². The number of benzene rings is 1. The van der Waals surface area contributed by atoms with Gasteiger partial charge in [0.1, 0.15) is 30.5 Å². The number of nitrogen functional groups attached to an aromatic ring is 1. The van der Waals surface area contributed by atoms with Crippen LogP contribution in [0.2, 0.25) is 0 Å². The van der Waals surface area contributed by atoms with Gasteiger partial charge >= 0.3 is 10.4 Å². The fourth-order valence-electron chi connectivity index (χ4n) is 4.26. The number of rotatable bonds is 11. The first-order valence-corrected chi connectivity index (χ1v) is 12.6. The minimum absolute atomic E-state index is 0.131. The summed E-state index contributed by atoms with van der Waals surface area (Å²) in [6, 6.07) is 9.10. The van der Waals surface area contributed by atoms with Crippen molar-refractivity contribution in [3.63, 3.8) is 0 Å². The van der Waals surface area contributed by atoms with E-state index in [1.807, 2.05) is 42.3 Å². The fourth-order valence-corrected chi connectivity index (χ4v) is 4.78. The smallest absolute Gasteiger partial charge is 0.385 e. The number of imidazole rings is 1. The lowest BCUT2D eigenvalue weighted by atomic mass is 10.1. The highest BCUT2D eigenvalue weighted by Crippen LogP contribution is 2.38. The van der Waals surface area contributed by atoms with Gasteiger partial charge in [0, 0.05) is 12.1 Å². The van der Waals surface area contributed by atoms with Crippen LogP contribution in [-0.4, -0.2) is 87.6 Å². The third-order valence-electron chi connectivity index (χ3n) is 5.88. The SMILES string of the molecule is CN(CCCCON)C[C@H]1O[C@@H](n2c(-c3ccccc3)nc3c(N)ncnc32)[C@H](O)[C@@H]1OS(=O)(=O)O. The largest absolute Gasteiger partial charge is 0.397 e. The Morgan fingerprint density at radius 3 is 2.67 bits per heavy atom. The standard InChI is InChI=1S/C21H29N7O7S/c1-27(9-5-6-10-33-23)11-14-17(35-36(30,31)32)16(29)21(34-14)28-19(13-7-3-2-4-8-13)26-15-18(22)24-12-25-20(15)28/h2-4,7-8,12,14,16-17,21,29H,5-6,9-11,23H2,1H3,(H2,22,24,25)(H,30,31,32)/t14-,16-,17-,21-/m1/s1. The van der Waals surface area contributed by atoms with Crippen molar-refractivity contribution >= 4 is 27.4 Å². The molecule has 14 nitrogen and oxygen atoms in total. The number of anilines is 1. The summed E-state index contributed by atoms with van der Waals surface area (Å²) < 4.78 is 45.2. The number of nitrogens with zero attached hydrogens (tertiary/aromatic N) is 5. The lowest BCUT2D eigenvalue weighted by molar-refractivity contribution is -0.0411. The lowest BCUT2D eigenvalue weighted by Crippen LogP contribution is -2.41. The first-order valence-electron chi connectivity index (χ1n) is 11.2. The topological polar surface area (TPSA) is 201 Å². The van der Waals surface area contributed by atoms with Crippen LogP contribution in [0.1, 0.15) is 19.1 Å². The number of likely N-dealkylation sites (N-methyl/N-ethyl adjacent to an activating group) is 1. The number of nitrogens with two attached hydrogens (primary N) is 2. The second-order valence-corrected chi connectivity index (χ2v) is 9.53. The molecule has 3 heterocycles. The molecule has 6 N–H and O–H groups in total. The van der Waals surface area contributed by atoms with Crippen LogP contribution in [0.3, 0.4) is 0 Å². The molecule has 1 fully saturated rings. The third-order valence-corrected chi connectivity index (χ3v) is 6.34. The van der Waals surface area contributed by atoms with Gasteiger partial charge in [0.05, 0.1) is 6.61 Å². The Morgan fingerprint density at radius 2 is 1.97 bits per heavy atom. The molecule has 1 aliphatic heterocycles. The zero-order chi connectivity index (χ0) is 25.9. The molecule has 3 aromatic rings. The summed E-state index contributed by atoms with van der Waals surface area (Å²) in [5.74, 6) is 5.56. The molecule has 0 saturated carbocycles. The van der Waals surface area contributed by atoms with Gasteiger partial charge in [0.2, 0.25) is 0 Å². The monoisotopic (exact) mass is 523 g/mol. The second-order valence-electron chi connectivity index (χ2n) is 8.49. The summed E-state index contributed by atoms with van der Waals surface area (Å²) in [4.78, 5) is 19.3. The van der Waals surface area contributed by atoms with E-state index in [1.165, 1.54) is 10.9 Å². The molecule has 1 aliphatic rings. The Balaban J connectivity index is 1.70. The number of fused-ring (bicyclic) bond motifs is 1. The Morgan fingerprint density at radius 1 is 1.22 bits per heavy atom. The molecule has 15 heteroatoms. The van der Waals surface area contributed by atoms with Gasteiger partial charge in [-0.2, -0.15) is 8.42 Å². The lowest BCUT2D eigenvalue weighted by Gasteiger charge is -2.24. The van der Waals surface area contributed by atoms with Gasteiger partial charge in [-0.3, -0.25) is 9.12 Å². The van der Waals surface area contributed by atoms with Crippen molar-refractivity contribution in [3.05, 3.63) is 36.7 Å². The molecular formula is C21H29N7O7S. The molecule has 4 rings (SSSR count). The van der Waals surface area contributed by atoms with Crippen LogP contribution in [0.15, 0.2) is 36.7 Å². The highest BCUT2D eigenvalue weighted by atomic mass is 32.3. The number of aliphatic hydroxyl groups is 1. The summed E-state index contributed by atoms with van der Waals surface area (Å²) in [6.45, 7) is 1.22. The fraction of sp³-hybridized carbons (Fsp3) is 0.476. The number of ether oxygens (including phenoxy) is 1. The molecule has 0 unspecified atom stereocenters. The van der Waals surface area contributed by atoms with Crippen LogP contribution in [-0.2, 0) is 24.2 Å². The van der Waals surface area contributed by atoms with Crippen molar-refractivity contribution < 1.29 is 31.8 Å². The summed E-state index contributed by atoms with van der Waals surface area (Å²) in [5, 5.41) is 11.2. The molecule has 0 bridgehead atoms. The molecule has 1 aromatic carbocycles. The highest BCUT2D eigenvalue weighted by Gasteiger charge is 2.49. The van der Waals surface area contributed by atoms with Crippen LogP contribution in [0.25, 0.3) is 22.6 Å². The van der Waals surface area contributed by atoms with Crippen molar-refractivity contribution in [2.24, 2.45) is 5.90 Å². The number of unbranched alkanes of at least 4 members (excludes halogenated alkanes) is 1. The number of hydrogen-bond acceptors (Lipinski definition) is 12. The van der Waals surface area contributed by atoms with Gasteiger partial charge in [0.25, 0.3) is 0 Å². The van der Waals surface area contributed by atoms with E-state index >= 15 is 0 Å². The average Bonchev–Trinajstić information content (AvgIpc) is 3.35. The molecule has 1 saturated heterocycles. The third kappa shape index (κ3) is 5.79. The Kier molecular flexibility index (Phi) is 8.11. The van der Waals surface area contributed by atoms with Crippen molar-refractivity contribution in [2.75, 3.05) is 32.5 Å².